The largest absolute Gasteiger partial charge is 0.464 e. The van der Waals surface area contributed by atoms with E-state index in [2.05, 4.69) is 11.1 Å². The first-order chi connectivity index (χ1) is 7.77. The van der Waals surface area contributed by atoms with E-state index >= 15 is 0 Å². The second-order valence-corrected chi connectivity index (χ2v) is 3.48. The molecule has 0 spiro atoms. The van der Waals surface area contributed by atoms with Crippen LogP contribution in [0.5, 0.6) is 0 Å². The highest BCUT2D eigenvalue weighted by atomic mass is 16.5. The van der Waals surface area contributed by atoms with E-state index in [0.717, 1.165) is 18.4 Å². The van der Waals surface area contributed by atoms with Crippen LogP contribution in [0.2, 0.25) is 0 Å². The average molecular weight is 221 g/mol. The molecule has 0 aromatic heterocycles. The van der Waals surface area contributed by atoms with Crippen molar-refractivity contribution >= 4 is 12.0 Å². The molecule has 16 heavy (non-hydrogen) atoms. The van der Waals surface area contributed by atoms with Crippen LogP contribution in [-0.4, -0.2) is 24.7 Å². The lowest BCUT2D eigenvalue weighted by molar-refractivity contribution is -0.144. The van der Waals surface area contributed by atoms with E-state index < -0.39 is 12.0 Å². The number of rotatable bonds is 5. The van der Waals surface area contributed by atoms with Gasteiger partial charge in [0.1, 0.15) is 0 Å². The zero-order valence-corrected chi connectivity index (χ0v) is 9.31. The zero-order chi connectivity index (χ0) is 11.8. The molecule has 1 unspecified atom stereocenters. The lowest BCUT2D eigenvalue weighted by Crippen LogP contribution is -2.22. The van der Waals surface area contributed by atoms with E-state index in [9.17, 15) is 9.59 Å². The van der Waals surface area contributed by atoms with Gasteiger partial charge in [-0.15, -0.1) is 0 Å². The first-order valence-electron chi connectivity index (χ1n) is 5.36. The zero-order valence-electron chi connectivity index (χ0n) is 9.31. The minimum Gasteiger partial charge on any atom is -0.464 e. The molecule has 0 saturated carbocycles. The molecule has 86 valence electrons. The van der Waals surface area contributed by atoms with E-state index in [1.165, 1.54) is 6.08 Å². The third-order valence-electron chi connectivity index (χ3n) is 2.32. The van der Waals surface area contributed by atoms with Crippen molar-refractivity contribution in [2.24, 2.45) is 4.99 Å². The monoisotopic (exact) mass is 221 g/mol. The van der Waals surface area contributed by atoms with E-state index in [0.29, 0.717) is 13.0 Å². The molecule has 1 aliphatic carbocycles. The van der Waals surface area contributed by atoms with Crippen molar-refractivity contribution in [1.82, 2.24) is 0 Å². The number of hydrogen-bond acceptors (Lipinski definition) is 4. The fourth-order valence-corrected chi connectivity index (χ4v) is 1.55. The molecule has 0 aliphatic heterocycles. The van der Waals surface area contributed by atoms with Crippen LogP contribution >= 0.6 is 0 Å². The smallest absolute Gasteiger partial charge is 0.332 e. The first-order valence-corrected chi connectivity index (χ1v) is 5.36. The lowest BCUT2D eigenvalue weighted by atomic mass is 9.98. The van der Waals surface area contributed by atoms with Crippen molar-refractivity contribution in [1.29, 1.82) is 0 Å². The van der Waals surface area contributed by atoms with Gasteiger partial charge in [0.25, 0.3) is 0 Å². The number of carbonyl (C=O) groups excluding carboxylic acids is 2. The van der Waals surface area contributed by atoms with Gasteiger partial charge in [-0.3, -0.25) is 0 Å². The van der Waals surface area contributed by atoms with Gasteiger partial charge in [-0.25, -0.2) is 9.59 Å². The Morgan fingerprint density at radius 3 is 3.06 bits per heavy atom. The Balaban J connectivity index is 2.63. The molecule has 1 atom stereocenters. The molecular weight excluding hydrogens is 206 g/mol. The van der Waals surface area contributed by atoms with Gasteiger partial charge in [-0.1, -0.05) is 23.8 Å². The maximum atomic E-state index is 11.5. The minimum absolute atomic E-state index is 0.294. The van der Waals surface area contributed by atoms with Crippen LogP contribution in [0.4, 0.5) is 0 Å². The van der Waals surface area contributed by atoms with Crippen molar-refractivity contribution in [2.45, 2.75) is 32.2 Å². The summed E-state index contributed by atoms with van der Waals surface area (Å²) in [6.07, 6.45) is 9.70. The van der Waals surface area contributed by atoms with Crippen LogP contribution in [0.1, 0.15) is 26.2 Å². The van der Waals surface area contributed by atoms with Gasteiger partial charge in [-0.2, -0.15) is 4.99 Å². The molecule has 1 aliphatic rings. The summed E-state index contributed by atoms with van der Waals surface area (Å²) in [6, 6.07) is -0.741. The Kier molecular flexibility index (Phi) is 5.23. The Morgan fingerprint density at radius 2 is 2.50 bits per heavy atom. The van der Waals surface area contributed by atoms with Crippen molar-refractivity contribution in [3.63, 3.8) is 0 Å². The predicted molar refractivity (Wildman–Crippen MR) is 59.6 cm³/mol. The van der Waals surface area contributed by atoms with Gasteiger partial charge in [0.15, 0.2) is 6.04 Å². The van der Waals surface area contributed by atoms with Gasteiger partial charge in [0, 0.05) is 6.42 Å². The molecule has 0 aromatic rings. The number of allylic oxidation sites excluding steroid dienone is 3. The second-order valence-electron chi connectivity index (χ2n) is 3.48. The molecular formula is C12H15NO3. The minimum atomic E-state index is -0.741. The van der Waals surface area contributed by atoms with Crippen molar-refractivity contribution < 1.29 is 14.3 Å². The van der Waals surface area contributed by atoms with Crippen LogP contribution < -0.4 is 0 Å². The highest BCUT2D eigenvalue weighted by Gasteiger charge is 2.20. The second kappa shape index (κ2) is 6.75. The van der Waals surface area contributed by atoms with Crippen LogP contribution in [0.3, 0.4) is 0 Å². The highest BCUT2D eigenvalue weighted by Crippen LogP contribution is 2.19. The molecule has 4 heteroatoms. The normalized spacial score (nSPS) is 15.9. The number of hydrogen-bond donors (Lipinski definition) is 0. The summed E-state index contributed by atoms with van der Waals surface area (Å²) in [7, 11) is 0. The summed E-state index contributed by atoms with van der Waals surface area (Å²) in [4.78, 5) is 25.2. The summed E-state index contributed by atoms with van der Waals surface area (Å²) < 4.78 is 4.84. The number of nitrogens with zero attached hydrogens (tertiary/aromatic N) is 1. The number of aliphatic imine (C=N–C) groups is 1. The standard InChI is InChI=1S/C12H15NO3/c1-2-16-12(15)11(13-9-14)8-10-6-4-3-5-7-10/h3-4,6,11H,2,5,7-8H2,1H3. The average Bonchev–Trinajstić information content (AvgIpc) is 2.30. The molecule has 0 saturated heterocycles. The van der Waals surface area contributed by atoms with Crippen LogP contribution in [0.15, 0.2) is 28.8 Å². The molecule has 0 N–H and O–H groups in total. The van der Waals surface area contributed by atoms with E-state index in [1.54, 1.807) is 6.92 Å². The SMILES string of the molecule is CCOC(=O)C(CC1=CC=CCC1)N=C=O. The summed E-state index contributed by atoms with van der Waals surface area (Å²) in [5.41, 5.74) is 1.11. The Hall–Kier alpha value is -1.67. The molecule has 0 radical (unpaired) electrons. The number of ether oxygens (including phenoxy) is 1. The van der Waals surface area contributed by atoms with Crippen LogP contribution in [0, 0.1) is 0 Å². The lowest BCUT2D eigenvalue weighted by Gasteiger charge is -2.13. The summed E-state index contributed by atoms with van der Waals surface area (Å²) >= 11 is 0. The van der Waals surface area contributed by atoms with Crippen LogP contribution in [0.25, 0.3) is 0 Å². The summed E-state index contributed by atoms with van der Waals surface area (Å²) in [5.74, 6) is -0.457. The Morgan fingerprint density at radius 1 is 1.69 bits per heavy atom. The maximum Gasteiger partial charge on any atom is 0.332 e. The Bertz CT molecular complexity index is 351. The first kappa shape index (κ1) is 12.4. The van der Waals surface area contributed by atoms with E-state index in [4.69, 9.17) is 4.74 Å². The molecule has 0 fully saturated rings. The van der Waals surface area contributed by atoms with Gasteiger partial charge in [-0.05, 0) is 19.8 Å². The summed E-state index contributed by atoms with van der Waals surface area (Å²) in [6.45, 7) is 2.02. The van der Waals surface area contributed by atoms with E-state index in [-0.39, 0.29) is 0 Å². The fraction of sp³-hybridized carbons (Fsp3) is 0.500. The molecule has 0 amide bonds. The fourth-order valence-electron chi connectivity index (χ4n) is 1.55. The van der Waals surface area contributed by atoms with Crippen molar-refractivity contribution in [3.8, 4) is 0 Å². The van der Waals surface area contributed by atoms with Crippen molar-refractivity contribution in [3.05, 3.63) is 23.8 Å². The molecule has 0 aromatic carbocycles. The quantitative estimate of drug-likeness (QED) is 0.405. The Labute approximate surface area is 94.7 Å². The predicted octanol–water partition coefficient (Wildman–Crippen LogP) is 1.92. The van der Waals surface area contributed by atoms with Crippen molar-refractivity contribution in [2.75, 3.05) is 6.61 Å². The van der Waals surface area contributed by atoms with Gasteiger partial charge < -0.3 is 4.74 Å². The van der Waals surface area contributed by atoms with E-state index in [1.807, 2.05) is 12.2 Å². The molecule has 0 heterocycles. The van der Waals surface area contributed by atoms with Gasteiger partial charge >= 0.3 is 5.97 Å². The summed E-state index contributed by atoms with van der Waals surface area (Å²) in [5, 5.41) is 0. The maximum absolute atomic E-state index is 11.5. The topological polar surface area (TPSA) is 55.7 Å². The molecule has 1 rings (SSSR count). The third kappa shape index (κ3) is 3.83. The molecule has 0 bridgehead atoms. The third-order valence-corrected chi connectivity index (χ3v) is 2.32. The van der Waals surface area contributed by atoms with Gasteiger partial charge in [0.2, 0.25) is 6.08 Å². The molecule has 4 nitrogen and oxygen atoms in total. The van der Waals surface area contributed by atoms with Gasteiger partial charge in [0.05, 0.1) is 6.61 Å². The van der Waals surface area contributed by atoms with Crippen LogP contribution in [-0.2, 0) is 14.3 Å². The number of isocyanates is 1. The number of esters is 1. The number of carbonyl (C=O) groups is 1. The highest BCUT2D eigenvalue weighted by molar-refractivity contribution is 5.77.